The molecular formula is C31H41Cl2Zr. The third-order valence-corrected chi connectivity index (χ3v) is 7.48. The maximum atomic E-state index is 2.51. The molecule has 1 fully saturated rings. The summed E-state index contributed by atoms with van der Waals surface area (Å²) < 4.78 is 0. The van der Waals surface area contributed by atoms with Crippen molar-refractivity contribution < 1.29 is 51.0 Å². The summed E-state index contributed by atoms with van der Waals surface area (Å²) in [6.45, 7) is 16.5. The van der Waals surface area contributed by atoms with Crippen LogP contribution in [0.25, 0.3) is 21.9 Å². The van der Waals surface area contributed by atoms with Gasteiger partial charge in [-0.15, -0.1) is 34.5 Å². The minimum atomic E-state index is 0. The van der Waals surface area contributed by atoms with Gasteiger partial charge in [-0.25, -0.2) is 0 Å². The Bertz CT molecular complexity index is 1040. The molecule has 0 aliphatic heterocycles. The van der Waals surface area contributed by atoms with Gasteiger partial charge in [0.1, 0.15) is 0 Å². The predicted molar refractivity (Wildman–Crippen MR) is 137 cm³/mol. The molecule has 1 saturated carbocycles. The molecule has 0 heterocycles. The molecule has 0 spiro atoms. The fourth-order valence-electron chi connectivity index (χ4n) is 5.37. The van der Waals surface area contributed by atoms with Gasteiger partial charge < -0.3 is 24.8 Å². The van der Waals surface area contributed by atoms with Gasteiger partial charge in [0, 0.05) is 0 Å². The van der Waals surface area contributed by atoms with Crippen LogP contribution < -0.4 is 24.8 Å². The van der Waals surface area contributed by atoms with Crippen LogP contribution in [0.15, 0.2) is 48.5 Å². The van der Waals surface area contributed by atoms with Crippen molar-refractivity contribution in [3.8, 4) is 11.1 Å². The van der Waals surface area contributed by atoms with Gasteiger partial charge in [-0.1, -0.05) is 97.6 Å². The molecule has 0 saturated heterocycles. The third kappa shape index (κ3) is 7.05. The summed E-state index contributed by atoms with van der Waals surface area (Å²) in [4.78, 5) is 0. The fourth-order valence-corrected chi connectivity index (χ4v) is 5.37. The monoisotopic (exact) mass is 573 g/mol. The van der Waals surface area contributed by atoms with Crippen molar-refractivity contribution in [2.45, 2.75) is 97.8 Å². The normalized spacial score (nSPS) is 15.7. The van der Waals surface area contributed by atoms with E-state index in [1.165, 1.54) is 77.1 Å². The summed E-state index contributed by atoms with van der Waals surface area (Å²) in [6.07, 6.45) is 8.20. The topological polar surface area (TPSA) is 0 Å². The molecule has 3 heteroatoms. The molecule has 183 valence electrons. The van der Waals surface area contributed by atoms with E-state index in [2.05, 4.69) is 97.0 Å². The van der Waals surface area contributed by atoms with Gasteiger partial charge in [-0.3, -0.25) is 0 Å². The van der Waals surface area contributed by atoms with E-state index in [0.29, 0.717) is 5.41 Å². The molecule has 1 radical (unpaired) electrons. The molecule has 1 aliphatic rings. The molecule has 0 unspecified atom stereocenters. The second kappa shape index (κ2) is 11.7. The van der Waals surface area contributed by atoms with E-state index in [9.17, 15) is 0 Å². The van der Waals surface area contributed by atoms with Gasteiger partial charge >= 0.3 is 26.2 Å². The summed E-state index contributed by atoms with van der Waals surface area (Å²) in [5, 5.41) is 2.81. The smallest absolute Gasteiger partial charge is 1.00 e. The molecule has 3 aromatic carbocycles. The van der Waals surface area contributed by atoms with Crippen molar-refractivity contribution >= 4 is 10.8 Å². The Morgan fingerprint density at radius 3 is 1.88 bits per heavy atom. The molecule has 0 nitrogen and oxygen atoms in total. The number of hydrogen-bond acceptors (Lipinski definition) is 0. The summed E-state index contributed by atoms with van der Waals surface area (Å²) in [5.41, 5.74) is 7.87. The van der Waals surface area contributed by atoms with Crippen molar-refractivity contribution in [2.24, 2.45) is 5.41 Å². The van der Waals surface area contributed by atoms with Crippen molar-refractivity contribution in [1.82, 2.24) is 0 Å². The maximum Gasteiger partial charge on any atom is 3.00 e. The molecule has 0 amide bonds. The van der Waals surface area contributed by atoms with Crippen LogP contribution in [0.4, 0.5) is 0 Å². The van der Waals surface area contributed by atoms with Crippen LogP contribution >= 0.6 is 0 Å². The molecule has 0 aromatic heterocycles. The van der Waals surface area contributed by atoms with Crippen LogP contribution in [0.1, 0.15) is 97.3 Å². The van der Waals surface area contributed by atoms with E-state index < -0.39 is 0 Å². The molecular weight excluding hydrogens is 534 g/mol. The summed E-state index contributed by atoms with van der Waals surface area (Å²) in [7, 11) is 0. The first-order valence-corrected chi connectivity index (χ1v) is 12.3. The van der Waals surface area contributed by atoms with Crippen LogP contribution in [0.3, 0.4) is 0 Å². The van der Waals surface area contributed by atoms with Gasteiger partial charge in [0.25, 0.3) is 0 Å². The van der Waals surface area contributed by atoms with E-state index >= 15 is 0 Å². The Kier molecular flexibility index (Phi) is 10.9. The summed E-state index contributed by atoms with van der Waals surface area (Å²) in [5.74, 6) is 0. The van der Waals surface area contributed by atoms with Gasteiger partial charge in [0.15, 0.2) is 0 Å². The van der Waals surface area contributed by atoms with Crippen LogP contribution in [0, 0.1) is 5.41 Å². The van der Waals surface area contributed by atoms with Crippen molar-refractivity contribution in [3.05, 3.63) is 65.2 Å². The summed E-state index contributed by atoms with van der Waals surface area (Å²) >= 11 is 0. The van der Waals surface area contributed by atoms with Gasteiger partial charge in [-0.2, -0.15) is 6.07 Å². The van der Waals surface area contributed by atoms with Crippen molar-refractivity contribution in [2.75, 3.05) is 0 Å². The molecule has 0 atom stereocenters. The largest absolute Gasteiger partial charge is 3.00 e. The average molecular weight is 576 g/mol. The molecule has 4 rings (SSSR count). The molecule has 0 N–H and O–H groups in total. The standard InChI is InChI=1S/C31H41.2ClH.Zr/c1-29(2,3)25-18-24(19-26(20-25)30(4,5)6)27-13-11-12-23-16-22(17-28(23)27)21-31(7)14-9-8-10-15-31;;;/h11-13,16-20H,8-10,14-15,21H2,1-7H3;2*1H;/q-1;;;+3/p-2. The van der Waals surface area contributed by atoms with Gasteiger partial charge in [0.2, 0.25) is 0 Å². The SMILES string of the molecule is CC1(Cc2cc3c(-c4cc(C(C)(C)C)cc(C(C)(C)C)c4)cccc3[cH-]2)CCCCC1.[Cl-].[Cl-].[Zr+3]. The Morgan fingerprint density at radius 1 is 0.794 bits per heavy atom. The molecule has 34 heavy (non-hydrogen) atoms. The number of fused-ring (bicyclic) bond motifs is 1. The minimum Gasteiger partial charge on any atom is -1.00 e. The average Bonchev–Trinajstić information content (AvgIpc) is 3.08. The Morgan fingerprint density at radius 2 is 1.35 bits per heavy atom. The Balaban J connectivity index is 0.00000193. The second-order valence-corrected chi connectivity index (χ2v) is 12.5. The molecule has 3 aromatic rings. The second-order valence-electron chi connectivity index (χ2n) is 12.5. The number of hydrogen-bond donors (Lipinski definition) is 0. The zero-order chi connectivity index (χ0) is 22.4. The molecule has 1 aliphatic carbocycles. The van der Waals surface area contributed by atoms with Crippen LogP contribution in [-0.4, -0.2) is 0 Å². The number of rotatable bonds is 3. The quantitative estimate of drug-likeness (QED) is 0.421. The van der Waals surface area contributed by atoms with Crippen LogP contribution in [0.5, 0.6) is 0 Å². The third-order valence-electron chi connectivity index (χ3n) is 7.48. The van der Waals surface area contributed by atoms with E-state index in [-0.39, 0.29) is 61.8 Å². The molecule has 0 bridgehead atoms. The van der Waals surface area contributed by atoms with Gasteiger partial charge in [-0.05, 0) is 52.2 Å². The fraction of sp³-hybridized carbons (Fsp3) is 0.516. The number of halogens is 2. The summed E-state index contributed by atoms with van der Waals surface area (Å²) in [6, 6.07) is 19.1. The van der Waals surface area contributed by atoms with Crippen LogP contribution in [-0.2, 0) is 43.5 Å². The predicted octanol–water partition coefficient (Wildman–Crippen LogP) is 3.34. The van der Waals surface area contributed by atoms with Gasteiger partial charge in [0.05, 0.1) is 0 Å². The Labute approximate surface area is 240 Å². The maximum absolute atomic E-state index is 2.51. The first-order chi connectivity index (χ1) is 14.4. The Hall–Kier alpha value is -0.487. The first-order valence-electron chi connectivity index (χ1n) is 12.3. The van der Waals surface area contributed by atoms with Crippen LogP contribution in [0.2, 0.25) is 0 Å². The van der Waals surface area contributed by atoms with E-state index in [1.807, 2.05) is 0 Å². The van der Waals surface area contributed by atoms with E-state index in [4.69, 9.17) is 0 Å². The minimum absolute atomic E-state index is 0. The zero-order valence-electron chi connectivity index (χ0n) is 22.1. The van der Waals surface area contributed by atoms with Crippen molar-refractivity contribution in [1.29, 1.82) is 0 Å². The van der Waals surface area contributed by atoms with E-state index in [0.717, 1.165) is 0 Å². The first kappa shape index (κ1) is 31.5. The van der Waals surface area contributed by atoms with E-state index in [1.54, 1.807) is 0 Å². The number of benzene rings is 2. The van der Waals surface area contributed by atoms with Crippen molar-refractivity contribution in [3.63, 3.8) is 0 Å². The zero-order valence-corrected chi connectivity index (χ0v) is 26.1.